The van der Waals surface area contributed by atoms with Crippen molar-refractivity contribution in [3.63, 3.8) is 0 Å². The van der Waals surface area contributed by atoms with E-state index >= 15 is 0 Å². The van der Waals surface area contributed by atoms with E-state index in [1.165, 1.54) is 14.2 Å². The zero-order valence-corrected chi connectivity index (χ0v) is 19.8. The van der Waals surface area contributed by atoms with Gasteiger partial charge in [0.15, 0.2) is 0 Å². The number of hydrogen-bond donors (Lipinski definition) is 0. The monoisotopic (exact) mass is 495 g/mol. The summed E-state index contributed by atoms with van der Waals surface area (Å²) in [6, 6.07) is 7.06. The maximum absolute atomic E-state index is 12.4. The van der Waals surface area contributed by atoms with Crippen molar-refractivity contribution < 1.29 is 36.1 Å². The predicted octanol–water partition coefficient (Wildman–Crippen LogP) is 1.30. The standard InChI is InChI=1S/C25H21N4O4.Mn/c1-4-15-7-10-20(27-15)23(25(31)33-3)21-12-9-17(29-21)14-16-8-11-19(28-16)22(24(30)32-2)18-6-5-13-26-18;/h4-14H,1-3H3,(H-,26,27,28,29,30,31);/q-1;+2/p-1/b15-4-;. The van der Waals surface area contributed by atoms with E-state index in [0.29, 0.717) is 33.8 Å². The topological polar surface area (TPSA) is 106 Å². The third kappa shape index (κ3) is 5.01. The Bertz CT molecular complexity index is 1420. The molecule has 4 rings (SSSR count). The maximum atomic E-state index is 12.4. The Kier molecular flexibility index (Phi) is 7.83. The van der Waals surface area contributed by atoms with Gasteiger partial charge in [0.1, 0.15) is 0 Å². The summed E-state index contributed by atoms with van der Waals surface area (Å²) >= 11 is 0. The van der Waals surface area contributed by atoms with Crippen LogP contribution < -0.4 is 20.7 Å². The maximum Gasteiger partial charge on any atom is 2.00 e. The molecule has 171 valence electrons. The fraction of sp³-hybridized carbons (Fsp3) is 0.120. The van der Waals surface area contributed by atoms with Crippen LogP contribution in [0.25, 0.3) is 23.3 Å². The Morgan fingerprint density at radius 3 is 2.35 bits per heavy atom. The van der Waals surface area contributed by atoms with Crippen LogP contribution in [0.1, 0.15) is 18.3 Å². The molecule has 0 N–H and O–H groups in total. The fourth-order valence-electron chi connectivity index (χ4n) is 3.36. The van der Waals surface area contributed by atoms with Gasteiger partial charge in [0.05, 0.1) is 42.5 Å². The first-order valence-corrected chi connectivity index (χ1v) is 10.1. The number of carbonyl (C=O) groups is 2. The van der Waals surface area contributed by atoms with Crippen LogP contribution in [-0.2, 0) is 36.1 Å². The molecule has 2 aromatic rings. The molecule has 0 unspecified atom stereocenters. The van der Waals surface area contributed by atoms with E-state index in [0.717, 1.165) is 5.35 Å². The molecule has 0 bridgehead atoms. The van der Waals surface area contributed by atoms with Crippen LogP contribution in [0, 0.1) is 0 Å². The van der Waals surface area contributed by atoms with Crippen LogP contribution in [0.2, 0.25) is 0 Å². The van der Waals surface area contributed by atoms with E-state index in [4.69, 9.17) is 9.47 Å². The molecule has 0 spiro atoms. The Morgan fingerprint density at radius 2 is 1.71 bits per heavy atom. The summed E-state index contributed by atoms with van der Waals surface area (Å²) < 4.78 is 9.85. The van der Waals surface area contributed by atoms with Crippen LogP contribution in [0.3, 0.4) is 0 Å². The molecule has 0 atom stereocenters. The Balaban J connectivity index is 0.00000324. The van der Waals surface area contributed by atoms with Gasteiger partial charge in [-0.2, -0.15) is 0 Å². The second kappa shape index (κ2) is 10.8. The largest absolute Gasteiger partial charge is 2.00 e. The summed E-state index contributed by atoms with van der Waals surface area (Å²) in [4.78, 5) is 42.4. The molecule has 0 amide bonds. The SMILES string of the molecule is C/C=c1/cc/c(=C(\C(=O)OC)C2=N/C(=C\c3ccc(/C(C(=O)OC)=C4/C=CC=N4)[n-]3)C=C2)[n-]1.[Mn+2]. The minimum atomic E-state index is -0.520. The number of hydrogen-bond acceptors (Lipinski definition) is 6. The van der Waals surface area contributed by atoms with Crippen molar-refractivity contribution >= 4 is 47.2 Å². The first kappa shape index (κ1) is 24.7. The Labute approximate surface area is 206 Å². The molecule has 34 heavy (non-hydrogen) atoms. The van der Waals surface area contributed by atoms with Gasteiger partial charge in [0, 0.05) is 6.21 Å². The molecule has 0 saturated carbocycles. The molecule has 0 aromatic carbocycles. The molecule has 9 heteroatoms. The van der Waals surface area contributed by atoms with Crippen molar-refractivity contribution in [2.24, 2.45) is 9.98 Å². The third-order valence-corrected chi connectivity index (χ3v) is 4.93. The van der Waals surface area contributed by atoms with Gasteiger partial charge in [-0.25, -0.2) is 14.6 Å². The van der Waals surface area contributed by atoms with Crippen LogP contribution in [0.4, 0.5) is 0 Å². The minimum Gasteiger partial charge on any atom is -0.657 e. The number of rotatable bonds is 5. The van der Waals surface area contributed by atoms with Gasteiger partial charge >= 0.3 is 29.0 Å². The van der Waals surface area contributed by atoms with Gasteiger partial charge in [0.25, 0.3) is 0 Å². The molecule has 4 heterocycles. The first-order valence-electron chi connectivity index (χ1n) is 10.1. The van der Waals surface area contributed by atoms with Crippen molar-refractivity contribution in [1.82, 2.24) is 9.97 Å². The number of nitrogens with zero attached hydrogens (tertiary/aromatic N) is 4. The molecule has 0 saturated heterocycles. The van der Waals surface area contributed by atoms with E-state index in [-0.39, 0.29) is 28.2 Å². The number of aliphatic imine (C=N–C) groups is 2. The molecule has 1 radical (unpaired) electrons. The van der Waals surface area contributed by atoms with Gasteiger partial charge in [0.2, 0.25) is 0 Å². The molecular formula is C25H20MnN4O4. The second-order valence-corrected chi connectivity index (χ2v) is 6.95. The molecule has 0 fully saturated rings. The minimum absolute atomic E-state index is 0. The summed E-state index contributed by atoms with van der Waals surface area (Å²) in [7, 11) is 2.63. The Hall–Kier alpha value is -3.94. The molecule has 0 aliphatic carbocycles. The smallest absolute Gasteiger partial charge is 0.657 e. The molecule has 2 aliphatic heterocycles. The number of ether oxygens (including phenoxy) is 2. The molecule has 8 nitrogen and oxygen atoms in total. The normalized spacial score (nSPS) is 18.1. The summed E-state index contributed by atoms with van der Waals surface area (Å²) in [6.45, 7) is 1.87. The number of carbonyl (C=O) groups excluding carboxylic acids is 2. The summed E-state index contributed by atoms with van der Waals surface area (Å²) in [5, 5.41) is 1.25. The predicted molar refractivity (Wildman–Crippen MR) is 125 cm³/mol. The quantitative estimate of drug-likeness (QED) is 0.352. The number of aromatic nitrogens is 2. The van der Waals surface area contributed by atoms with E-state index < -0.39 is 11.9 Å². The average Bonchev–Trinajstić information content (AvgIpc) is 3.63. The van der Waals surface area contributed by atoms with Crippen LogP contribution in [0.15, 0.2) is 69.9 Å². The van der Waals surface area contributed by atoms with E-state index in [1.807, 2.05) is 19.1 Å². The van der Waals surface area contributed by atoms with Crippen molar-refractivity contribution in [2.45, 2.75) is 6.92 Å². The second-order valence-electron chi connectivity index (χ2n) is 6.95. The molecule has 2 aromatic heterocycles. The number of methoxy groups -OCH3 is 2. The zero-order valence-electron chi connectivity index (χ0n) is 18.7. The van der Waals surface area contributed by atoms with Gasteiger partial charge in [-0.1, -0.05) is 30.3 Å². The summed E-state index contributed by atoms with van der Waals surface area (Å²) in [5.74, 6) is -1.04. The van der Waals surface area contributed by atoms with Crippen molar-refractivity contribution in [3.8, 4) is 0 Å². The van der Waals surface area contributed by atoms with Crippen molar-refractivity contribution in [1.29, 1.82) is 0 Å². The average molecular weight is 495 g/mol. The van der Waals surface area contributed by atoms with E-state index in [1.54, 1.807) is 54.8 Å². The van der Waals surface area contributed by atoms with Crippen LogP contribution in [-0.4, -0.2) is 38.1 Å². The summed E-state index contributed by atoms with van der Waals surface area (Å²) in [6.07, 6.45) is 12.2. The van der Waals surface area contributed by atoms with Gasteiger partial charge < -0.3 is 19.4 Å². The fourth-order valence-corrected chi connectivity index (χ4v) is 3.36. The third-order valence-electron chi connectivity index (χ3n) is 4.93. The molecule has 2 aliphatic rings. The summed E-state index contributed by atoms with van der Waals surface area (Å²) in [5.41, 5.74) is 3.14. The van der Waals surface area contributed by atoms with E-state index in [2.05, 4.69) is 20.0 Å². The Morgan fingerprint density at radius 1 is 0.941 bits per heavy atom. The van der Waals surface area contributed by atoms with Gasteiger partial charge in [-0.05, 0) is 31.2 Å². The van der Waals surface area contributed by atoms with E-state index in [9.17, 15) is 9.59 Å². The van der Waals surface area contributed by atoms with Gasteiger partial charge in [-0.3, -0.25) is 4.99 Å². The first-order chi connectivity index (χ1) is 16.0. The number of esters is 2. The van der Waals surface area contributed by atoms with Crippen LogP contribution >= 0.6 is 0 Å². The van der Waals surface area contributed by atoms with Crippen molar-refractivity contribution in [3.05, 3.63) is 82.0 Å². The van der Waals surface area contributed by atoms with Crippen LogP contribution in [0.5, 0.6) is 0 Å². The van der Waals surface area contributed by atoms with Crippen molar-refractivity contribution in [2.75, 3.05) is 14.2 Å². The molecular weight excluding hydrogens is 475 g/mol. The van der Waals surface area contributed by atoms with Gasteiger partial charge in [-0.15, -0.1) is 28.2 Å². The number of allylic oxidation sites excluding steroid dienone is 4. The zero-order chi connectivity index (χ0) is 23.4.